The van der Waals surface area contributed by atoms with Crippen molar-refractivity contribution >= 4 is 17.4 Å². The zero-order valence-corrected chi connectivity index (χ0v) is 10.6. The van der Waals surface area contributed by atoms with Gasteiger partial charge in [-0.05, 0) is 17.7 Å². The van der Waals surface area contributed by atoms with Crippen LogP contribution in [0.5, 0.6) is 5.75 Å². The van der Waals surface area contributed by atoms with Crippen LogP contribution in [0, 0.1) is 0 Å². The molecule has 0 fully saturated rings. The number of methoxy groups -OCH3 is 1. The van der Waals surface area contributed by atoms with Gasteiger partial charge in [-0.1, -0.05) is 11.8 Å². The van der Waals surface area contributed by atoms with Gasteiger partial charge in [0, 0.05) is 24.6 Å². The van der Waals surface area contributed by atoms with Gasteiger partial charge in [-0.25, -0.2) is 9.67 Å². The average Bonchev–Trinajstić information content (AvgIpc) is 2.71. The van der Waals surface area contributed by atoms with E-state index in [1.54, 1.807) is 35.9 Å². The van der Waals surface area contributed by atoms with E-state index in [0.717, 1.165) is 22.2 Å². The van der Waals surface area contributed by atoms with Crippen molar-refractivity contribution in [2.75, 3.05) is 12.8 Å². The molecule has 0 atom stereocenters. The lowest BCUT2D eigenvalue weighted by atomic mass is 10.2. The summed E-state index contributed by atoms with van der Waals surface area (Å²) in [6.07, 6.45) is 1.54. The summed E-state index contributed by atoms with van der Waals surface area (Å²) in [6.45, 7) is 0. The van der Waals surface area contributed by atoms with Crippen molar-refractivity contribution < 1.29 is 4.74 Å². The molecule has 0 spiro atoms. The van der Waals surface area contributed by atoms with Crippen LogP contribution in [0.2, 0.25) is 0 Å². The molecule has 90 valence electrons. The highest BCUT2D eigenvalue weighted by atomic mass is 32.2. The van der Waals surface area contributed by atoms with Crippen LogP contribution in [0.1, 0.15) is 5.56 Å². The Labute approximate surface area is 104 Å². The molecule has 1 heterocycles. The molecule has 0 saturated carbocycles. The van der Waals surface area contributed by atoms with Crippen molar-refractivity contribution in [2.45, 2.75) is 10.9 Å². The Morgan fingerprint density at radius 1 is 1.41 bits per heavy atom. The lowest BCUT2D eigenvalue weighted by molar-refractivity contribution is 0.414. The molecule has 2 aromatic rings. The molecule has 0 bridgehead atoms. The maximum absolute atomic E-state index is 5.79. The van der Waals surface area contributed by atoms with Gasteiger partial charge in [0.25, 0.3) is 0 Å². The number of nitrogens with two attached hydrogens (primary N) is 1. The lowest BCUT2D eigenvalue weighted by Gasteiger charge is -2.06. The number of aromatic nitrogens is 3. The van der Waals surface area contributed by atoms with Crippen molar-refractivity contribution in [3.63, 3.8) is 0 Å². The van der Waals surface area contributed by atoms with E-state index in [2.05, 4.69) is 10.1 Å². The maximum atomic E-state index is 5.79. The Hall–Kier alpha value is -1.69. The molecule has 0 aliphatic carbocycles. The number of benzene rings is 1. The second kappa shape index (κ2) is 5.09. The van der Waals surface area contributed by atoms with Crippen LogP contribution in [-0.4, -0.2) is 21.9 Å². The third-order valence-corrected chi connectivity index (χ3v) is 3.37. The normalized spacial score (nSPS) is 10.5. The number of nitrogen functional groups attached to an aromatic ring is 1. The van der Waals surface area contributed by atoms with Crippen molar-refractivity contribution in [3.05, 3.63) is 30.1 Å². The maximum Gasteiger partial charge on any atom is 0.186 e. The highest BCUT2D eigenvalue weighted by Crippen LogP contribution is 2.24. The minimum absolute atomic E-state index is 0.706. The smallest absolute Gasteiger partial charge is 0.186 e. The van der Waals surface area contributed by atoms with Gasteiger partial charge in [0.1, 0.15) is 12.1 Å². The topological polar surface area (TPSA) is 66.0 Å². The molecule has 2 rings (SSSR count). The molecule has 0 radical (unpaired) electrons. The summed E-state index contributed by atoms with van der Waals surface area (Å²) in [5.74, 6) is 1.56. The highest BCUT2D eigenvalue weighted by Gasteiger charge is 2.04. The Morgan fingerprint density at radius 2 is 2.24 bits per heavy atom. The zero-order valence-electron chi connectivity index (χ0n) is 9.75. The third-order valence-electron chi connectivity index (χ3n) is 2.26. The molecule has 6 heteroatoms. The van der Waals surface area contributed by atoms with Crippen LogP contribution < -0.4 is 10.5 Å². The fourth-order valence-electron chi connectivity index (χ4n) is 1.45. The molecule has 0 aliphatic rings. The molecule has 1 aromatic heterocycles. The van der Waals surface area contributed by atoms with E-state index in [1.807, 2.05) is 19.2 Å². The Balaban J connectivity index is 2.09. The van der Waals surface area contributed by atoms with E-state index in [1.165, 1.54) is 0 Å². The summed E-state index contributed by atoms with van der Waals surface area (Å²) in [4.78, 5) is 4.15. The first-order chi connectivity index (χ1) is 8.19. The molecule has 0 aliphatic heterocycles. The van der Waals surface area contributed by atoms with Crippen LogP contribution >= 0.6 is 11.8 Å². The Kier molecular flexibility index (Phi) is 3.53. The van der Waals surface area contributed by atoms with Crippen LogP contribution in [0.25, 0.3) is 0 Å². The third kappa shape index (κ3) is 2.91. The molecule has 0 saturated heterocycles. The number of rotatable bonds is 4. The van der Waals surface area contributed by atoms with Crippen molar-refractivity contribution in [1.82, 2.24) is 14.8 Å². The summed E-state index contributed by atoms with van der Waals surface area (Å²) in [5.41, 5.74) is 7.60. The summed E-state index contributed by atoms with van der Waals surface area (Å²) in [5, 5.41) is 4.90. The molecule has 17 heavy (non-hydrogen) atoms. The van der Waals surface area contributed by atoms with Gasteiger partial charge >= 0.3 is 0 Å². The monoisotopic (exact) mass is 250 g/mol. The van der Waals surface area contributed by atoms with E-state index < -0.39 is 0 Å². The number of thioether (sulfide) groups is 1. The summed E-state index contributed by atoms with van der Waals surface area (Å²) in [6, 6.07) is 5.71. The van der Waals surface area contributed by atoms with Crippen LogP contribution in [0.3, 0.4) is 0 Å². The van der Waals surface area contributed by atoms with Gasteiger partial charge in [0.2, 0.25) is 0 Å². The quantitative estimate of drug-likeness (QED) is 0.661. The van der Waals surface area contributed by atoms with Crippen LogP contribution in [0.4, 0.5) is 5.69 Å². The molecular formula is C11H14N4OS. The summed E-state index contributed by atoms with van der Waals surface area (Å²) < 4.78 is 6.92. The fraction of sp³-hybridized carbons (Fsp3) is 0.273. The van der Waals surface area contributed by atoms with Gasteiger partial charge in [-0.3, -0.25) is 0 Å². The second-order valence-electron chi connectivity index (χ2n) is 3.57. The first kappa shape index (κ1) is 11.8. The largest absolute Gasteiger partial charge is 0.497 e. The predicted octanol–water partition coefficient (Wildman–Crippen LogP) is 1.70. The number of hydrogen-bond acceptors (Lipinski definition) is 5. The van der Waals surface area contributed by atoms with Crippen molar-refractivity contribution in [1.29, 1.82) is 0 Å². The van der Waals surface area contributed by atoms with Crippen LogP contribution in [-0.2, 0) is 12.8 Å². The predicted molar refractivity (Wildman–Crippen MR) is 68.0 cm³/mol. The van der Waals surface area contributed by atoms with Crippen molar-refractivity contribution in [3.8, 4) is 5.75 Å². The minimum atomic E-state index is 0.706. The summed E-state index contributed by atoms with van der Waals surface area (Å²) >= 11 is 1.61. The van der Waals surface area contributed by atoms with Gasteiger partial charge < -0.3 is 10.5 Å². The molecule has 2 N–H and O–H groups in total. The van der Waals surface area contributed by atoms with Gasteiger partial charge in [0.05, 0.1) is 7.11 Å². The standard InChI is InChI=1S/C11H14N4OS/c1-15-11(13-7-14-15)17-6-8-3-9(12)5-10(4-8)16-2/h3-5,7H,6,12H2,1-2H3. The van der Waals surface area contributed by atoms with Gasteiger partial charge in [0.15, 0.2) is 5.16 Å². The number of hydrogen-bond donors (Lipinski definition) is 1. The highest BCUT2D eigenvalue weighted by molar-refractivity contribution is 7.98. The number of anilines is 1. The first-order valence-corrected chi connectivity index (χ1v) is 6.08. The van der Waals surface area contributed by atoms with Crippen molar-refractivity contribution in [2.24, 2.45) is 7.05 Å². The second-order valence-corrected chi connectivity index (χ2v) is 4.51. The number of nitrogens with zero attached hydrogens (tertiary/aromatic N) is 3. The Morgan fingerprint density at radius 3 is 2.88 bits per heavy atom. The van der Waals surface area contributed by atoms with E-state index in [0.29, 0.717) is 5.69 Å². The van der Waals surface area contributed by atoms with E-state index in [9.17, 15) is 0 Å². The summed E-state index contributed by atoms with van der Waals surface area (Å²) in [7, 11) is 3.50. The molecule has 0 amide bonds. The fourth-order valence-corrected chi connectivity index (χ4v) is 2.27. The first-order valence-electron chi connectivity index (χ1n) is 5.09. The van der Waals surface area contributed by atoms with Crippen LogP contribution in [0.15, 0.2) is 29.7 Å². The number of aryl methyl sites for hydroxylation is 1. The number of ether oxygens (including phenoxy) is 1. The molecule has 5 nitrogen and oxygen atoms in total. The lowest BCUT2D eigenvalue weighted by Crippen LogP contribution is -1.94. The average molecular weight is 250 g/mol. The minimum Gasteiger partial charge on any atom is -0.497 e. The van der Waals surface area contributed by atoms with E-state index in [4.69, 9.17) is 10.5 Å². The van der Waals surface area contributed by atoms with E-state index >= 15 is 0 Å². The van der Waals surface area contributed by atoms with Gasteiger partial charge in [-0.15, -0.1) is 0 Å². The SMILES string of the molecule is COc1cc(N)cc(CSc2ncnn2C)c1. The molecule has 0 unspecified atom stereocenters. The Bertz CT molecular complexity index is 512. The zero-order chi connectivity index (χ0) is 12.3. The molecule has 1 aromatic carbocycles. The van der Waals surface area contributed by atoms with E-state index in [-0.39, 0.29) is 0 Å². The van der Waals surface area contributed by atoms with Gasteiger partial charge in [-0.2, -0.15) is 5.10 Å². The molecular weight excluding hydrogens is 236 g/mol.